The summed E-state index contributed by atoms with van der Waals surface area (Å²) < 4.78 is 1.83. The Bertz CT molecular complexity index is 362. The van der Waals surface area contributed by atoms with E-state index in [1.54, 1.807) is 6.92 Å². The molecule has 0 bridgehead atoms. The molecule has 3 unspecified atom stereocenters. The Hall–Kier alpha value is -0.910. The largest absolute Gasteiger partial charge is 0.393 e. The van der Waals surface area contributed by atoms with E-state index in [2.05, 4.69) is 24.3 Å². The number of hydrogen-bond donors (Lipinski definition) is 3. The van der Waals surface area contributed by atoms with Crippen molar-refractivity contribution < 1.29 is 5.11 Å². The minimum atomic E-state index is -0.300. The number of aryl methyl sites for hydroxylation is 2. The zero-order chi connectivity index (χ0) is 13.7. The monoisotopic (exact) mass is 254 g/mol. The van der Waals surface area contributed by atoms with Gasteiger partial charge in [0.1, 0.15) is 0 Å². The quantitative estimate of drug-likeness (QED) is 0.670. The van der Waals surface area contributed by atoms with Gasteiger partial charge in [-0.1, -0.05) is 6.92 Å². The number of aliphatic hydroxyl groups excluding tert-OH is 1. The molecule has 0 fully saturated rings. The first-order valence-electron chi connectivity index (χ1n) is 6.64. The summed E-state index contributed by atoms with van der Waals surface area (Å²) in [5.41, 5.74) is 8.11. The summed E-state index contributed by atoms with van der Waals surface area (Å²) in [5, 5.41) is 17.3. The highest BCUT2D eigenvalue weighted by Gasteiger charge is 2.18. The molecule has 104 valence electrons. The van der Waals surface area contributed by atoms with E-state index < -0.39 is 0 Å². The highest BCUT2D eigenvalue weighted by atomic mass is 16.3. The summed E-state index contributed by atoms with van der Waals surface area (Å²) in [7, 11) is 1.93. The Labute approximate surface area is 109 Å². The molecule has 5 nitrogen and oxygen atoms in total. The fourth-order valence-corrected chi connectivity index (χ4v) is 2.33. The Morgan fingerprint density at radius 2 is 2.17 bits per heavy atom. The second-order valence-electron chi connectivity index (χ2n) is 5.00. The average molecular weight is 254 g/mol. The van der Waals surface area contributed by atoms with Crippen LogP contribution in [0.25, 0.3) is 0 Å². The van der Waals surface area contributed by atoms with Crippen LogP contribution < -0.4 is 11.1 Å². The Kier molecular flexibility index (Phi) is 5.78. The summed E-state index contributed by atoms with van der Waals surface area (Å²) in [4.78, 5) is 0. The van der Waals surface area contributed by atoms with Crippen LogP contribution in [-0.4, -0.2) is 33.6 Å². The summed E-state index contributed by atoms with van der Waals surface area (Å²) in [5.74, 6) is 0. The van der Waals surface area contributed by atoms with Crippen LogP contribution in [0.4, 0.5) is 0 Å². The molecule has 0 aliphatic carbocycles. The first-order valence-corrected chi connectivity index (χ1v) is 6.64. The van der Waals surface area contributed by atoms with E-state index in [-0.39, 0.29) is 18.2 Å². The van der Waals surface area contributed by atoms with Crippen molar-refractivity contribution >= 4 is 0 Å². The molecule has 1 rings (SSSR count). The van der Waals surface area contributed by atoms with Crippen LogP contribution in [0.5, 0.6) is 0 Å². The van der Waals surface area contributed by atoms with Crippen molar-refractivity contribution in [3.05, 3.63) is 17.5 Å². The highest BCUT2D eigenvalue weighted by Crippen LogP contribution is 2.18. The van der Waals surface area contributed by atoms with Crippen LogP contribution >= 0.6 is 0 Å². The molecular weight excluding hydrogens is 228 g/mol. The fraction of sp³-hybridized carbons (Fsp3) is 0.769. The van der Waals surface area contributed by atoms with Gasteiger partial charge in [0.25, 0.3) is 0 Å². The molecule has 5 heteroatoms. The Morgan fingerprint density at radius 1 is 1.50 bits per heavy atom. The zero-order valence-electron chi connectivity index (χ0n) is 11.8. The van der Waals surface area contributed by atoms with Crippen LogP contribution in [0.3, 0.4) is 0 Å². The molecule has 1 aromatic rings. The predicted molar refractivity (Wildman–Crippen MR) is 73.3 cm³/mol. The standard InChI is InChI=1S/C13H26N4O/c1-5-12-11(8-17(4)16-12)13(7-14)15-9(2)6-10(3)18/h8-10,13,15,18H,5-7,14H2,1-4H3. The highest BCUT2D eigenvalue weighted by molar-refractivity contribution is 5.22. The van der Waals surface area contributed by atoms with Crippen molar-refractivity contribution in [1.29, 1.82) is 0 Å². The van der Waals surface area contributed by atoms with Gasteiger partial charge in [0.2, 0.25) is 0 Å². The van der Waals surface area contributed by atoms with E-state index >= 15 is 0 Å². The van der Waals surface area contributed by atoms with E-state index in [0.717, 1.165) is 18.5 Å². The first kappa shape index (κ1) is 15.1. The molecule has 0 aliphatic rings. The van der Waals surface area contributed by atoms with Crippen molar-refractivity contribution in [1.82, 2.24) is 15.1 Å². The summed E-state index contributed by atoms with van der Waals surface area (Å²) in [6.45, 7) is 6.50. The number of aliphatic hydroxyl groups is 1. The molecule has 4 N–H and O–H groups in total. The van der Waals surface area contributed by atoms with Crippen molar-refractivity contribution in [2.24, 2.45) is 12.8 Å². The lowest BCUT2D eigenvalue weighted by Crippen LogP contribution is -2.36. The van der Waals surface area contributed by atoms with Crippen LogP contribution in [0.15, 0.2) is 6.20 Å². The number of rotatable bonds is 7. The molecule has 3 atom stereocenters. The van der Waals surface area contributed by atoms with Gasteiger partial charge in [-0.3, -0.25) is 4.68 Å². The van der Waals surface area contributed by atoms with E-state index in [4.69, 9.17) is 5.73 Å². The number of hydrogen-bond acceptors (Lipinski definition) is 4. The third-order valence-corrected chi connectivity index (χ3v) is 3.06. The second kappa shape index (κ2) is 6.87. The topological polar surface area (TPSA) is 76.1 Å². The molecular formula is C13H26N4O. The van der Waals surface area contributed by atoms with Gasteiger partial charge in [0.15, 0.2) is 0 Å². The molecule has 0 aliphatic heterocycles. The SMILES string of the molecule is CCc1nn(C)cc1C(CN)NC(C)CC(C)O. The molecule has 0 aromatic carbocycles. The van der Waals surface area contributed by atoms with Gasteiger partial charge >= 0.3 is 0 Å². The lowest BCUT2D eigenvalue weighted by atomic mass is 10.0. The van der Waals surface area contributed by atoms with Crippen LogP contribution in [0.1, 0.15) is 44.5 Å². The summed E-state index contributed by atoms with van der Waals surface area (Å²) >= 11 is 0. The number of nitrogens with two attached hydrogens (primary N) is 1. The van der Waals surface area contributed by atoms with Gasteiger partial charge in [-0.2, -0.15) is 5.10 Å². The van der Waals surface area contributed by atoms with E-state index in [1.165, 1.54) is 5.56 Å². The molecule has 1 aromatic heterocycles. The summed E-state index contributed by atoms with van der Waals surface area (Å²) in [6, 6.07) is 0.325. The van der Waals surface area contributed by atoms with Crippen molar-refractivity contribution in [2.45, 2.75) is 51.8 Å². The number of nitrogens with one attached hydrogen (secondary N) is 1. The predicted octanol–water partition coefficient (Wildman–Crippen LogP) is 0.731. The van der Waals surface area contributed by atoms with Gasteiger partial charge in [0.05, 0.1) is 11.8 Å². The maximum atomic E-state index is 9.40. The third kappa shape index (κ3) is 4.08. The maximum Gasteiger partial charge on any atom is 0.0670 e. The minimum Gasteiger partial charge on any atom is -0.393 e. The Balaban J connectivity index is 2.76. The van der Waals surface area contributed by atoms with Crippen molar-refractivity contribution in [3.63, 3.8) is 0 Å². The molecule has 0 spiro atoms. The van der Waals surface area contributed by atoms with Crippen LogP contribution in [-0.2, 0) is 13.5 Å². The average Bonchev–Trinajstić information content (AvgIpc) is 2.66. The normalized spacial score (nSPS) is 16.6. The van der Waals surface area contributed by atoms with E-state index in [0.29, 0.717) is 6.54 Å². The molecule has 0 amide bonds. The van der Waals surface area contributed by atoms with Crippen LogP contribution in [0, 0.1) is 0 Å². The molecule has 1 heterocycles. The lowest BCUT2D eigenvalue weighted by Gasteiger charge is -2.23. The molecule has 18 heavy (non-hydrogen) atoms. The zero-order valence-corrected chi connectivity index (χ0v) is 11.8. The van der Waals surface area contributed by atoms with Crippen molar-refractivity contribution in [3.8, 4) is 0 Å². The van der Waals surface area contributed by atoms with Gasteiger partial charge < -0.3 is 16.2 Å². The summed E-state index contributed by atoms with van der Waals surface area (Å²) in [6.07, 6.45) is 3.35. The van der Waals surface area contributed by atoms with Crippen molar-refractivity contribution in [2.75, 3.05) is 6.54 Å². The minimum absolute atomic E-state index is 0.0994. The molecule has 0 saturated heterocycles. The van der Waals surface area contributed by atoms with E-state index in [9.17, 15) is 5.11 Å². The second-order valence-corrected chi connectivity index (χ2v) is 5.00. The first-order chi connectivity index (χ1) is 8.47. The number of nitrogens with zero attached hydrogens (tertiary/aromatic N) is 2. The van der Waals surface area contributed by atoms with Crippen LogP contribution in [0.2, 0.25) is 0 Å². The lowest BCUT2D eigenvalue weighted by molar-refractivity contribution is 0.168. The number of aromatic nitrogens is 2. The van der Waals surface area contributed by atoms with Gasteiger partial charge in [-0.15, -0.1) is 0 Å². The molecule has 0 radical (unpaired) electrons. The Morgan fingerprint density at radius 3 is 2.67 bits per heavy atom. The fourth-order valence-electron chi connectivity index (χ4n) is 2.33. The van der Waals surface area contributed by atoms with Gasteiger partial charge in [-0.05, 0) is 26.7 Å². The van der Waals surface area contributed by atoms with Gasteiger partial charge in [-0.25, -0.2) is 0 Å². The molecule has 0 saturated carbocycles. The maximum absolute atomic E-state index is 9.40. The van der Waals surface area contributed by atoms with Gasteiger partial charge in [0, 0.05) is 37.4 Å². The third-order valence-electron chi connectivity index (χ3n) is 3.06. The van der Waals surface area contributed by atoms with E-state index in [1.807, 2.05) is 17.9 Å². The smallest absolute Gasteiger partial charge is 0.0670 e.